The van der Waals surface area contributed by atoms with Gasteiger partial charge >= 0.3 is 12.1 Å². The van der Waals surface area contributed by atoms with E-state index >= 15 is 0 Å². The lowest BCUT2D eigenvalue weighted by Crippen LogP contribution is -2.28. The van der Waals surface area contributed by atoms with E-state index in [0.717, 1.165) is 6.42 Å². The summed E-state index contributed by atoms with van der Waals surface area (Å²) in [4.78, 5) is 10.8. The molecule has 0 spiro atoms. The Bertz CT molecular complexity index is 411. The van der Waals surface area contributed by atoms with Crippen molar-refractivity contribution in [3.63, 3.8) is 0 Å². The summed E-state index contributed by atoms with van der Waals surface area (Å²) in [6.07, 6.45) is -3.63. The molecule has 1 rings (SSSR count). The van der Waals surface area contributed by atoms with Crippen LogP contribution >= 0.6 is 0 Å². The molecule has 1 aromatic carbocycles. The van der Waals surface area contributed by atoms with Crippen LogP contribution in [0.1, 0.15) is 24.5 Å². The number of hydrogen-bond donors (Lipinski definition) is 0. The van der Waals surface area contributed by atoms with Crippen molar-refractivity contribution in [2.45, 2.75) is 32.9 Å². The molecule has 1 aromatic rings. The second-order valence-electron chi connectivity index (χ2n) is 3.70. The molecule has 0 unspecified atom stereocenters. The Hall–Kier alpha value is -1.52. The number of ether oxygens (including phenoxy) is 1. The summed E-state index contributed by atoms with van der Waals surface area (Å²) in [7, 11) is 0. The van der Waals surface area contributed by atoms with E-state index in [4.69, 9.17) is 0 Å². The molecule has 0 amide bonds. The fourth-order valence-electron chi connectivity index (χ4n) is 1.48. The number of carbonyl (C=O) groups excluding carboxylic acids is 1. The zero-order valence-corrected chi connectivity index (χ0v) is 9.60. The predicted molar refractivity (Wildman–Crippen MR) is 56.9 cm³/mol. The number of para-hydroxylation sites is 1. The van der Waals surface area contributed by atoms with Gasteiger partial charge in [0.1, 0.15) is 5.75 Å². The van der Waals surface area contributed by atoms with Crippen molar-refractivity contribution >= 4 is 5.97 Å². The second-order valence-corrected chi connectivity index (χ2v) is 3.70. The smallest absolute Gasteiger partial charge is 0.419 e. The van der Waals surface area contributed by atoms with Crippen LogP contribution in [0.15, 0.2) is 18.2 Å². The van der Waals surface area contributed by atoms with Crippen molar-refractivity contribution in [2.75, 3.05) is 0 Å². The van der Waals surface area contributed by atoms with Crippen LogP contribution in [0.25, 0.3) is 0 Å². The summed E-state index contributed by atoms with van der Waals surface area (Å²) in [6.45, 7) is 3.51. The van der Waals surface area contributed by atoms with E-state index in [2.05, 4.69) is 4.74 Å². The van der Waals surface area contributed by atoms with Gasteiger partial charge in [0.2, 0.25) is 0 Å². The maximum absolute atomic E-state index is 12.1. The van der Waals surface area contributed by atoms with Crippen LogP contribution < -0.4 is 4.74 Å². The van der Waals surface area contributed by atoms with Gasteiger partial charge in [0.05, 0.1) is 0 Å². The molecule has 0 aliphatic carbocycles. The van der Waals surface area contributed by atoms with E-state index < -0.39 is 12.1 Å². The third-order valence-corrected chi connectivity index (χ3v) is 2.24. The largest absolute Gasteiger partial charge is 0.491 e. The molecule has 0 heterocycles. The zero-order chi connectivity index (χ0) is 13.1. The van der Waals surface area contributed by atoms with Gasteiger partial charge < -0.3 is 4.74 Å². The summed E-state index contributed by atoms with van der Waals surface area (Å²) in [6, 6.07) is 5.00. The first-order valence-electron chi connectivity index (χ1n) is 5.23. The first-order chi connectivity index (χ1) is 7.86. The van der Waals surface area contributed by atoms with Crippen LogP contribution in [-0.4, -0.2) is 12.1 Å². The van der Waals surface area contributed by atoms with Gasteiger partial charge in [0.15, 0.2) is 0 Å². The molecule has 0 atom stereocenters. The highest BCUT2D eigenvalue weighted by molar-refractivity contribution is 5.78. The van der Waals surface area contributed by atoms with Gasteiger partial charge in [-0.05, 0) is 24.5 Å². The Balaban J connectivity index is 3.00. The van der Waals surface area contributed by atoms with Crippen molar-refractivity contribution in [2.24, 2.45) is 0 Å². The second kappa shape index (κ2) is 5.21. The van der Waals surface area contributed by atoms with Gasteiger partial charge in [-0.2, -0.15) is 13.2 Å². The maximum atomic E-state index is 12.1. The third-order valence-electron chi connectivity index (χ3n) is 2.24. The number of alkyl halides is 3. The standard InChI is InChI=1S/C12H13F3O2/c1-3-5-9-7-4-6-8(2)10(9)17-11(16)12(13,14)15/h4,6-7H,3,5H2,1-2H3. The van der Waals surface area contributed by atoms with E-state index in [1.165, 1.54) is 0 Å². The molecule has 0 radical (unpaired) electrons. The molecule has 0 bridgehead atoms. The normalized spacial score (nSPS) is 11.4. The van der Waals surface area contributed by atoms with E-state index in [0.29, 0.717) is 17.5 Å². The molecular formula is C12H13F3O2. The quantitative estimate of drug-likeness (QED) is 0.603. The SMILES string of the molecule is CCCc1cccc(C)c1OC(=O)C(F)(F)F. The Morgan fingerprint density at radius 2 is 2.00 bits per heavy atom. The number of rotatable bonds is 3. The first-order valence-corrected chi connectivity index (χ1v) is 5.23. The van der Waals surface area contributed by atoms with E-state index in [-0.39, 0.29) is 5.75 Å². The molecule has 17 heavy (non-hydrogen) atoms. The number of esters is 1. The molecule has 0 aliphatic heterocycles. The number of hydrogen-bond acceptors (Lipinski definition) is 2. The maximum Gasteiger partial charge on any atom is 0.491 e. The lowest BCUT2D eigenvalue weighted by Gasteiger charge is -2.13. The molecule has 5 heteroatoms. The predicted octanol–water partition coefficient (Wildman–Crippen LogP) is 3.42. The third kappa shape index (κ3) is 3.47. The van der Waals surface area contributed by atoms with Gasteiger partial charge in [-0.3, -0.25) is 0 Å². The Kier molecular flexibility index (Phi) is 4.15. The fraction of sp³-hybridized carbons (Fsp3) is 0.417. The summed E-state index contributed by atoms with van der Waals surface area (Å²) in [5.74, 6) is -2.15. The van der Waals surface area contributed by atoms with Crippen LogP contribution in [0.4, 0.5) is 13.2 Å². The molecule has 2 nitrogen and oxygen atoms in total. The van der Waals surface area contributed by atoms with Gasteiger partial charge in [-0.25, -0.2) is 4.79 Å². The fourth-order valence-corrected chi connectivity index (χ4v) is 1.48. The van der Waals surface area contributed by atoms with E-state index in [1.807, 2.05) is 6.92 Å². The average molecular weight is 246 g/mol. The average Bonchev–Trinajstić information content (AvgIpc) is 2.22. The first kappa shape index (κ1) is 13.5. The molecular weight excluding hydrogens is 233 g/mol. The lowest BCUT2D eigenvalue weighted by atomic mass is 10.1. The molecule has 0 aliphatic rings. The minimum absolute atomic E-state index is 0.0247. The van der Waals surface area contributed by atoms with Crippen molar-refractivity contribution in [1.29, 1.82) is 0 Å². The van der Waals surface area contributed by atoms with Crippen molar-refractivity contribution in [1.82, 2.24) is 0 Å². The van der Waals surface area contributed by atoms with E-state index in [1.54, 1.807) is 25.1 Å². The van der Waals surface area contributed by atoms with Gasteiger partial charge in [-0.15, -0.1) is 0 Å². The lowest BCUT2D eigenvalue weighted by molar-refractivity contribution is -0.189. The Morgan fingerprint density at radius 3 is 2.53 bits per heavy atom. The number of aryl methyl sites for hydroxylation is 2. The van der Waals surface area contributed by atoms with Crippen molar-refractivity contribution in [3.8, 4) is 5.75 Å². The summed E-state index contributed by atoms with van der Waals surface area (Å²) < 4.78 is 40.8. The van der Waals surface area contributed by atoms with Gasteiger partial charge in [0, 0.05) is 0 Å². The molecule has 0 N–H and O–H groups in total. The Labute approximate surface area is 97.4 Å². The van der Waals surface area contributed by atoms with Crippen LogP contribution in [0.5, 0.6) is 5.75 Å². The Morgan fingerprint density at radius 1 is 1.35 bits per heavy atom. The van der Waals surface area contributed by atoms with Crippen molar-refractivity contribution in [3.05, 3.63) is 29.3 Å². The number of benzene rings is 1. The monoisotopic (exact) mass is 246 g/mol. The van der Waals surface area contributed by atoms with Crippen molar-refractivity contribution < 1.29 is 22.7 Å². The molecule has 0 fully saturated rings. The molecule has 0 saturated heterocycles. The van der Waals surface area contributed by atoms with Gasteiger partial charge in [0.25, 0.3) is 0 Å². The highest BCUT2D eigenvalue weighted by Gasteiger charge is 2.41. The van der Waals surface area contributed by atoms with E-state index in [9.17, 15) is 18.0 Å². The van der Waals surface area contributed by atoms with Crippen LogP contribution in [0, 0.1) is 6.92 Å². The number of carbonyl (C=O) groups is 1. The summed E-state index contributed by atoms with van der Waals surface area (Å²) >= 11 is 0. The molecule has 0 saturated carbocycles. The summed E-state index contributed by atoms with van der Waals surface area (Å²) in [5, 5.41) is 0. The van der Waals surface area contributed by atoms with Gasteiger partial charge in [-0.1, -0.05) is 31.5 Å². The highest BCUT2D eigenvalue weighted by Crippen LogP contribution is 2.27. The highest BCUT2D eigenvalue weighted by atomic mass is 19.4. The zero-order valence-electron chi connectivity index (χ0n) is 9.60. The summed E-state index contributed by atoms with van der Waals surface area (Å²) in [5.41, 5.74) is 1.14. The topological polar surface area (TPSA) is 26.3 Å². The minimum Gasteiger partial charge on any atom is -0.419 e. The number of halogens is 3. The van der Waals surface area contributed by atoms with Crippen LogP contribution in [0.3, 0.4) is 0 Å². The van der Waals surface area contributed by atoms with Crippen LogP contribution in [0.2, 0.25) is 0 Å². The molecule has 94 valence electrons. The molecule has 0 aromatic heterocycles. The minimum atomic E-state index is -4.97. The van der Waals surface area contributed by atoms with Crippen LogP contribution in [-0.2, 0) is 11.2 Å².